The topological polar surface area (TPSA) is 48.7 Å². The van der Waals surface area contributed by atoms with Gasteiger partial charge in [0.2, 0.25) is 0 Å². The maximum atomic E-state index is 9.03. The first-order valence-corrected chi connectivity index (χ1v) is 6.01. The summed E-state index contributed by atoms with van der Waals surface area (Å²) in [5.41, 5.74) is 2.27. The number of hydrogen-bond donors (Lipinski definition) is 1. The second-order valence-electron chi connectivity index (χ2n) is 3.77. The first-order valence-electron chi connectivity index (χ1n) is 5.63. The van der Waals surface area contributed by atoms with E-state index in [0.29, 0.717) is 17.1 Å². The summed E-state index contributed by atoms with van der Waals surface area (Å²) < 4.78 is 0. The molecule has 0 aliphatic rings. The van der Waals surface area contributed by atoms with Gasteiger partial charge in [0.1, 0.15) is 6.07 Å². The highest BCUT2D eigenvalue weighted by Crippen LogP contribution is 2.23. The molecule has 0 bridgehead atoms. The van der Waals surface area contributed by atoms with E-state index in [1.165, 1.54) is 0 Å². The second kappa shape index (κ2) is 6.04. The number of pyridine rings is 1. The Kier molecular flexibility index (Phi) is 4.16. The number of rotatable bonds is 4. The fraction of sp³-hybridized carbons (Fsp3) is 0.143. The third kappa shape index (κ3) is 2.99. The highest BCUT2D eigenvalue weighted by atomic mass is 35.5. The molecule has 1 N–H and O–H groups in total. The molecule has 0 unspecified atom stereocenters. The Labute approximate surface area is 111 Å². The molecule has 1 aromatic heterocycles. The predicted octanol–water partition coefficient (Wildman–Crippen LogP) is 3.26. The van der Waals surface area contributed by atoms with E-state index in [4.69, 9.17) is 16.9 Å². The van der Waals surface area contributed by atoms with E-state index >= 15 is 0 Å². The van der Waals surface area contributed by atoms with Crippen LogP contribution in [0.15, 0.2) is 42.6 Å². The van der Waals surface area contributed by atoms with E-state index in [-0.39, 0.29) is 0 Å². The molecular weight excluding hydrogens is 246 g/mol. The molecular formula is C14H12ClN3. The first-order chi connectivity index (χ1) is 8.81. The standard InChI is InChI=1S/C14H12ClN3/c15-13-5-3-6-14(12(13)10-16)18-9-7-11-4-1-2-8-17-11/h1-6,8,18H,7,9H2. The van der Waals surface area contributed by atoms with E-state index in [1.807, 2.05) is 30.3 Å². The summed E-state index contributed by atoms with van der Waals surface area (Å²) in [4.78, 5) is 4.24. The highest BCUT2D eigenvalue weighted by Gasteiger charge is 2.05. The van der Waals surface area contributed by atoms with Crippen molar-refractivity contribution in [3.63, 3.8) is 0 Å². The molecule has 0 spiro atoms. The van der Waals surface area contributed by atoms with Crippen LogP contribution in [0.3, 0.4) is 0 Å². The Morgan fingerprint density at radius 3 is 2.83 bits per heavy atom. The van der Waals surface area contributed by atoms with E-state index < -0.39 is 0 Å². The molecule has 4 heteroatoms. The fourth-order valence-corrected chi connectivity index (χ4v) is 1.87. The number of benzene rings is 1. The number of nitrogens with one attached hydrogen (secondary N) is 1. The monoisotopic (exact) mass is 257 g/mol. The van der Waals surface area contributed by atoms with Crippen molar-refractivity contribution in [3.05, 3.63) is 58.9 Å². The van der Waals surface area contributed by atoms with Crippen molar-refractivity contribution in [2.24, 2.45) is 0 Å². The van der Waals surface area contributed by atoms with Crippen LogP contribution in [-0.2, 0) is 6.42 Å². The fourth-order valence-electron chi connectivity index (χ4n) is 1.66. The summed E-state index contributed by atoms with van der Waals surface area (Å²) in [6, 6.07) is 13.3. The van der Waals surface area contributed by atoms with Crippen molar-refractivity contribution in [2.45, 2.75) is 6.42 Å². The van der Waals surface area contributed by atoms with Crippen LogP contribution in [0.5, 0.6) is 0 Å². The van der Waals surface area contributed by atoms with Crippen LogP contribution in [0.25, 0.3) is 0 Å². The van der Waals surface area contributed by atoms with Gasteiger partial charge in [-0.1, -0.05) is 23.7 Å². The van der Waals surface area contributed by atoms with Gasteiger partial charge in [-0.25, -0.2) is 0 Å². The number of nitrogens with zero attached hydrogens (tertiary/aromatic N) is 2. The van der Waals surface area contributed by atoms with Gasteiger partial charge in [-0.2, -0.15) is 5.26 Å². The number of halogens is 1. The van der Waals surface area contributed by atoms with Crippen molar-refractivity contribution in [1.29, 1.82) is 5.26 Å². The van der Waals surface area contributed by atoms with Crippen molar-refractivity contribution < 1.29 is 0 Å². The largest absolute Gasteiger partial charge is 0.384 e. The number of hydrogen-bond acceptors (Lipinski definition) is 3. The van der Waals surface area contributed by atoms with Crippen LogP contribution in [0, 0.1) is 11.3 Å². The highest BCUT2D eigenvalue weighted by molar-refractivity contribution is 6.32. The lowest BCUT2D eigenvalue weighted by molar-refractivity contribution is 0.961. The summed E-state index contributed by atoms with van der Waals surface area (Å²) in [7, 11) is 0. The lowest BCUT2D eigenvalue weighted by Gasteiger charge is -2.08. The molecule has 1 aromatic carbocycles. The van der Waals surface area contributed by atoms with Crippen LogP contribution >= 0.6 is 11.6 Å². The van der Waals surface area contributed by atoms with Gasteiger partial charge < -0.3 is 5.32 Å². The Hall–Kier alpha value is -2.05. The Bertz CT molecular complexity index is 561. The summed E-state index contributed by atoms with van der Waals surface area (Å²) >= 11 is 5.95. The van der Waals surface area contributed by atoms with Crippen LogP contribution in [0.1, 0.15) is 11.3 Å². The minimum atomic E-state index is 0.473. The Morgan fingerprint density at radius 1 is 1.22 bits per heavy atom. The average molecular weight is 258 g/mol. The molecule has 0 aliphatic carbocycles. The number of nitriles is 1. The first kappa shape index (κ1) is 12.4. The van der Waals surface area contributed by atoms with Gasteiger partial charge in [0.15, 0.2) is 0 Å². The molecule has 18 heavy (non-hydrogen) atoms. The SMILES string of the molecule is N#Cc1c(Cl)cccc1NCCc1ccccn1. The van der Waals surface area contributed by atoms with Gasteiger partial charge >= 0.3 is 0 Å². The zero-order valence-corrected chi connectivity index (χ0v) is 10.5. The molecule has 2 aromatic rings. The van der Waals surface area contributed by atoms with Crippen molar-refractivity contribution in [1.82, 2.24) is 4.98 Å². The van der Waals surface area contributed by atoms with Crippen LogP contribution < -0.4 is 5.32 Å². The quantitative estimate of drug-likeness (QED) is 0.915. The van der Waals surface area contributed by atoms with Crippen LogP contribution in [0.2, 0.25) is 5.02 Å². The van der Waals surface area contributed by atoms with Gasteiger partial charge in [0, 0.05) is 24.9 Å². The third-order valence-electron chi connectivity index (χ3n) is 2.55. The minimum Gasteiger partial charge on any atom is -0.384 e. The second-order valence-corrected chi connectivity index (χ2v) is 4.18. The molecule has 90 valence electrons. The summed E-state index contributed by atoms with van der Waals surface area (Å²) in [6.45, 7) is 0.714. The van der Waals surface area contributed by atoms with Crippen molar-refractivity contribution >= 4 is 17.3 Å². The summed E-state index contributed by atoms with van der Waals surface area (Å²) in [5, 5.41) is 12.7. The lowest BCUT2D eigenvalue weighted by Crippen LogP contribution is -2.07. The van der Waals surface area contributed by atoms with E-state index in [1.54, 1.807) is 12.3 Å². The zero-order chi connectivity index (χ0) is 12.8. The maximum absolute atomic E-state index is 9.03. The number of aromatic nitrogens is 1. The lowest BCUT2D eigenvalue weighted by atomic mass is 10.2. The van der Waals surface area contributed by atoms with Crippen LogP contribution in [0.4, 0.5) is 5.69 Å². The van der Waals surface area contributed by atoms with Gasteiger partial charge in [0.05, 0.1) is 16.3 Å². The molecule has 0 atom stereocenters. The zero-order valence-electron chi connectivity index (χ0n) is 9.73. The molecule has 0 saturated heterocycles. The van der Waals surface area contributed by atoms with Gasteiger partial charge in [-0.3, -0.25) is 4.98 Å². The smallest absolute Gasteiger partial charge is 0.103 e. The molecule has 3 nitrogen and oxygen atoms in total. The maximum Gasteiger partial charge on any atom is 0.103 e. The Morgan fingerprint density at radius 2 is 2.11 bits per heavy atom. The van der Waals surface area contributed by atoms with Gasteiger partial charge in [-0.15, -0.1) is 0 Å². The molecule has 1 heterocycles. The van der Waals surface area contributed by atoms with E-state index in [9.17, 15) is 0 Å². The number of anilines is 1. The van der Waals surface area contributed by atoms with E-state index in [0.717, 1.165) is 17.8 Å². The van der Waals surface area contributed by atoms with Crippen molar-refractivity contribution in [3.8, 4) is 6.07 Å². The normalized spacial score (nSPS) is 9.78. The van der Waals surface area contributed by atoms with Crippen molar-refractivity contribution in [2.75, 3.05) is 11.9 Å². The molecule has 0 aliphatic heterocycles. The molecule has 2 rings (SSSR count). The molecule has 0 saturated carbocycles. The molecule has 0 amide bonds. The summed E-state index contributed by atoms with van der Waals surface area (Å²) in [6.07, 6.45) is 2.58. The van der Waals surface area contributed by atoms with Gasteiger partial charge in [0.25, 0.3) is 0 Å². The van der Waals surface area contributed by atoms with Crippen LogP contribution in [-0.4, -0.2) is 11.5 Å². The predicted molar refractivity (Wildman–Crippen MR) is 72.6 cm³/mol. The summed E-state index contributed by atoms with van der Waals surface area (Å²) in [5.74, 6) is 0. The Balaban J connectivity index is 1.99. The average Bonchev–Trinajstić information content (AvgIpc) is 2.40. The molecule has 0 fully saturated rings. The van der Waals surface area contributed by atoms with Gasteiger partial charge in [-0.05, 0) is 24.3 Å². The molecule has 0 radical (unpaired) electrons. The van der Waals surface area contributed by atoms with E-state index in [2.05, 4.69) is 16.4 Å². The minimum absolute atomic E-state index is 0.473. The third-order valence-corrected chi connectivity index (χ3v) is 2.86.